The topological polar surface area (TPSA) is 35.5 Å². The molecule has 0 saturated carbocycles. The summed E-state index contributed by atoms with van der Waals surface area (Å²) in [5.41, 5.74) is 0.977. The second-order valence-electron chi connectivity index (χ2n) is 5.15. The SMILES string of the molecule is CCCC[C@H](c1ccc(O)c(F)c1)N1CCNCC1.Cl.Cl. The van der Waals surface area contributed by atoms with E-state index < -0.39 is 5.82 Å². The lowest BCUT2D eigenvalue weighted by molar-refractivity contribution is 0.163. The number of hydrogen-bond donors (Lipinski definition) is 2. The maximum Gasteiger partial charge on any atom is 0.165 e. The van der Waals surface area contributed by atoms with Crippen molar-refractivity contribution in [1.82, 2.24) is 10.2 Å². The normalized spacial score (nSPS) is 16.7. The van der Waals surface area contributed by atoms with E-state index in [0.717, 1.165) is 51.0 Å². The van der Waals surface area contributed by atoms with Gasteiger partial charge < -0.3 is 10.4 Å². The molecule has 3 nitrogen and oxygen atoms in total. The van der Waals surface area contributed by atoms with Gasteiger partial charge in [-0.15, -0.1) is 24.8 Å². The average Bonchev–Trinajstić information content (AvgIpc) is 2.44. The molecule has 0 aliphatic carbocycles. The van der Waals surface area contributed by atoms with Crippen molar-refractivity contribution in [3.8, 4) is 5.75 Å². The van der Waals surface area contributed by atoms with Crippen LogP contribution in [-0.2, 0) is 0 Å². The van der Waals surface area contributed by atoms with Crippen LogP contribution in [0.2, 0.25) is 0 Å². The molecule has 2 rings (SSSR count). The van der Waals surface area contributed by atoms with E-state index in [1.807, 2.05) is 6.07 Å². The van der Waals surface area contributed by atoms with Gasteiger partial charge in [0.15, 0.2) is 11.6 Å². The number of rotatable bonds is 5. The molecule has 1 aliphatic rings. The third-order valence-electron chi connectivity index (χ3n) is 3.78. The van der Waals surface area contributed by atoms with E-state index in [0.29, 0.717) is 0 Å². The lowest BCUT2D eigenvalue weighted by Crippen LogP contribution is -2.45. The Morgan fingerprint density at radius 2 is 1.95 bits per heavy atom. The van der Waals surface area contributed by atoms with Gasteiger partial charge >= 0.3 is 0 Å². The van der Waals surface area contributed by atoms with Crippen LogP contribution in [0.3, 0.4) is 0 Å². The van der Waals surface area contributed by atoms with Crippen LogP contribution in [0.25, 0.3) is 0 Å². The summed E-state index contributed by atoms with van der Waals surface area (Å²) in [6.07, 6.45) is 3.32. The van der Waals surface area contributed by atoms with Crippen molar-refractivity contribution >= 4 is 24.8 Å². The molecule has 1 atom stereocenters. The molecule has 0 spiro atoms. The largest absolute Gasteiger partial charge is 0.505 e. The molecule has 1 aromatic rings. The Labute approximate surface area is 138 Å². The molecular weight excluding hydrogens is 314 g/mol. The number of nitrogens with zero attached hydrogens (tertiary/aromatic N) is 1. The molecule has 1 heterocycles. The molecule has 21 heavy (non-hydrogen) atoms. The lowest BCUT2D eigenvalue weighted by Gasteiger charge is -2.35. The van der Waals surface area contributed by atoms with Crippen molar-refractivity contribution < 1.29 is 9.50 Å². The smallest absolute Gasteiger partial charge is 0.165 e. The average molecular weight is 339 g/mol. The Kier molecular flexibility index (Phi) is 9.95. The number of phenolic OH excluding ortho intramolecular Hbond substituents is 1. The summed E-state index contributed by atoms with van der Waals surface area (Å²) in [5, 5.41) is 12.7. The molecule has 2 N–H and O–H groups in total. The molecule has 122 valence electrons. The summed E-state index contributed by atoms with van der Waals surface area (Å²) < 4.78 is 13.5. The van der Waals surface area contributed by atoms with Gasteiger partial charge in [-0.05, 0) is 24.1 Å². The second kappa shape index (κ2) is 10.2. The molecular formula is C15H25Cl2FN2O. The Hall–Kier alpha value is -0.550. The van der Waals surface area contributed by atoms with Gasteiger partial charge in [-0.2, -0.15) is 0 Å². The number of piperazine rings is 1. The zero-order chi connectivity index (χ0) is 13.7. The first-order valence-electron chi connectivity index (χ1n) is 7.15. The first kappa shape index (κ1) is 20.5. The summed E-state index contributed by atoms with van der Waals surface area (Å²) in [6, 6.07) is 5.06. The van der Waals surface area contributed by atoms with Crippen LogP contribution in [-0.4, -0.2) is 36.2 Å². The Morgan fingerprint density at radius 3 is 2.52 bits per heavy atom. The Morgan fingerprint density at radius 1 is 1.29 bits per heavy atom. The highest BCUT2D eigenvalue weighted by Gasteiger charge is 2.22. The fourth-order valence-electron chi connectivity index (χ4n) is 2.68. The molecule has 1 aliphatic heterocycles. The van der Waals surface area contributed by atoms with Gasteiger partial charge in [0.05, 0.1) is 0 Å². The Balaban J connectivity index is 0.00000200. The fourth-order valence-corrected chi connectivity index (χ4v) is 2.68. The highest BCUT2D eigenvalue weighted by atomic mass is 35.5. The van der Waals surface area contributed by atoms with E-state index in [1.54, 1.807) is 0 Å². The molecule has 1 aromatic carbocycles. The molecule has 1 fully saturated rings. The zero-order valence-electron chi connectivity index (χ0n) is 12.3. The van der Waals surface area contributed by atoms with Crippen LogP contribution in [0.1, 0.15) is 37.8 Å². The van der Waals surface area contributed by atoms with Crippen molar-refractivity contribution in [3.63, 3.8) is 0 Å². The number of nitrogens with one attached hydrogen (secondary N) is 1. The van der Waals surface area contributed by atoms with Gasteiger partial charge in [0, 0.05) is 32.2 Å². The van der Waals surface area contributed by atoms with Gasteiger partial charge in [0.2, 0.25) is 0 Å². The van der Waals surface area contributed by atoms with Crippen LogP contribution in [0.4, 0.5) is 4.39 Å². The van der Waals surface area contributed by atoms with Crippen molar-refractivity contribution in [3.05, 3.63) is 29.6 Å². The van der Waals surface area contributed by atoms with Gasteiger partial charge in [0.1, 0.15) is 0 Å². The monoisotopic (exact) mass is 338 g/mol. The van der Waals surface area contributed by atoms with Crippen molar-refractivity contribution in [2.75, 3.05) is 26.2 Å². The highest BCUT2D eigenvalue weighted by Crippen LogP contribution is 2.29. The van der Waals surface area contributed by atoms with Gasteiger partial charge in [0.25, 0.3) is 0 Å². The minimum atomic E-state index is -0.519. The van der Waals surface area contributed by atoms with Crippen LogP contribution in [0.5, 0.6) is 5.75 Å². The third-order valence-corrected chi connectivity index (χ3v) is 3.78. The first-order valence-corrected chi connectivity index (χ1v) is 7.15. The summed E-state index contributed by atoms with van der Waals surface area (Å²) in [7, 11) is 0. The van der Waals surface area contributed by atoms with Crippen molar-refractivity contribution in [2.24, 2.45) is 0 Å². The molecule has 0 unspecified atom stereocenters. The Bertz CT molecular complexity index is 415. The number of benzene rings is 1. The summed E-state index contributed by atoms with van der Waals surface area (Å²) in [6.45, 7) is 6.15. The minimum Gasteiger partial charge on any atom is -0.505 e. The summed E-state index contributed by atoms with van der Waals surface area (Å²) in [5.74, 6) is -0.785. The molecule has 0 radical (unpaired) electrons. The van der Waals surface area contributed by atoms with Crippen molar-refractivity contribution in [2.45, 2.75) is 32.2 Å². The number of hydrogen-bond acceptors (Lipinski definition) is 3. The van der Waals surface area contributed by atoms with Gasteiger partial charge in [-0.3, -0.25) is 4.90 Å². The quantitative estimate of drug-likeness (QED) is 0.862. The molecule has 0 amide bonds. The van der Waals surface area contributed by atoms with Crippen LogP contribution >= 0.6 is 24.8 Å². The van der Waals surface area contributed by atoms with E-state index in [-0.39, 0.29) is 36.6 Å². The van der Waals surface area contributed by atoms with E-state index in [2.05, 4.69) is 17.1 Å². The van der Waals surface area contributed by atoms with E-state index in [1.165, 1.54) is 12.1 Å². The maximum absolute atomic E-state index is 13.5. The minimum absolute atomic E-state index is 0. The molecule has 1 saturated heterocycles. The molecule has 0 aromatic heterocycles. The van der Waals surface area contributed by atoms with Crippen molar-refractivity contribution in [1.29, 1.82) is 0 Å². The van der Waals surface area contributed by atoms with E-state index >= 15 is 0 Å². The third kappa shape index (κ3) is 5.62. The van der Waals surface area contributed by atoms with Gasteiger partial charge in [-0.1, -0.05) is 25.8 Å². The highest BCUT2D eigenvalue weighted by molar-refractivity contribution is 5.85. The van der Waals surface area contributed by atoms with Crippen LogP contribution in [0, 0.1) is 5.82 Å². The predicted molar refractivity (Wildman–Crippen MR) is 89.3 cm³/mol. The van der Waals surface area contributed by atoms with Gasteiger partial charge in [-0.25, -0.2) is 4.39 Å². The fraction of sp³-hybridized carbons (Fsp3) is 0.600. The van der Waals surface area contributed by atoms with Crippen LogP contribution in [0.15, 0.2) is 18.2 Å². The maximum atomic E-state index is 13.5. The standard InChI is InChI=1S/C15H23FN2O.2ClH/c1-2-3-4-14(18-9-7-17-8-10-18)12-5-6-15(19)13(16)11-12;;/h5-6,11,14,17,19H,2-4,7-10H2,1H3;2*1H/t14-;;/m1../s1. The predicted octanol–water partition coefficient (Wildman–Crippen LogP) is 3.51. The number of unbranched alkanes of at least 4 members (excludes halogenated alkanes) is 1. The number of phenols is 1. The molecule has 0 bridgehead atoms. The summed E-state index contributed by atoms with van der Waals surface area (Å²) in [4.78, 5) is 2.41. The number of aromatic hydroxyl groups is 1. The molecule has 6 heteroatoms. The summed E-state index contributed by atoms with van der Waals surface area (Å²) >= 11 is 0. The van der Waals surface area contributed by atoms with Crippen LogP contribution < -0.4 is 5.32 Å². The van der Waals surface area contributed by atoms with E-state index in [4.69, 9.17) is 0 Å². The van der Waals surface area contributed by atoms with E-state index in [9.17, 15) is 9.50 Å². The zero-order valence-corrected chi connectivity index (χ0v) is 14.0. The lowest BCUT2D eigenvalue weighted by atomic mass is 9.98. The second-order valence-corrected chi connectivity index (χ2v) is 5.15. The first-order chi connectivity index (χ1) is 9.22. The number of halogens is 3.